The fourth-order valence-corrected chi connectivity index (χ4v) is 1.69. The van der Waals surface area contributed by atoms with Crippen molar-refractivity contribution in [3.8, 4) is 0 Å². The Morgan fingerprint density at radius 3 is 2.45 bits per heavy atom. The Bertz CT molecular complexity index is 614. The maximum atomic E-state index is 12.9. The van der Waals surface area contributed by atoms with Crippen molar-refractivity contribution in [1.82, 2.24) is 10.3 Å². The molecular weight excluding hydrogens is 261 g/mol. The third kappa shape index (κ3) is 3.17. The van der Waals surface area contributed by atoms with Gasteiger partial charge in [0, 0.05) is 12.4 Å². The molecule has 0 aliphatic heterocycles. The molecule has 1 aromatic carbocycles. The number of nitrogens with one attached hydrogen (secondary N) is 1. The second kappa shape index (κ2) is 5.92. The topological polar surface area (TPSA) is 85.1 Å². The van der Waals surface area contributed by atoms with Crippen LogP contribution in [0, 0.1) is 5.82 Å². The number of rotatable bonds is 4. The first-order valence-corrected chi connectivity index (χ1v) is 5.83. The van der Waals surface area contributed by atoms with Crippen molar-refractivity contribution >= 4 is 11.8 Å². The van der Waals surface area contributed by atoms with Gasteiger partial charge in [0.15, 0.2) is 0 Å². The number of benzene rings is 1. The van der Waals surface area contributed by atoms with Crippen LogP contribution in [0.25, 0.3) is 0 Å². The number of carbonyl (C=O) groups excluding carboxylic acids is 2. The van der Waals surface area contributed by atoms with Crippen LogP contribution in [0.3, 0.4) is 0 Å². The van der Waals surface area contributed by atoms with Gasteiger partial charge in [-0.15, -0.1) is 0 Å². The van der Waals surface area contributed by atoms with E-state index in [1.54, 1.807) is 12.1 Å². The molecule has 0 radical (unpaired) electrons. The minimum atomic E-state index is -1.02. The highest BCUT2D eigenvalue weighted by molar-refractivity contribution is 5.97. The Balaban J connectivity index is 2.20. The zero-order valence-corrected chi connectivity index (χ0v) is 10.4. The van der Waals surface area contributed by atoms with Crippen molar-refractivity contribution in [1.29, 1.82) is 0 Å². The minimum absolute atomic E-state index is 0.306. The molecule has 102 valence electrons. The number of nitrogens with zero attached hydrogens (tertiary/aromatic N) is 1. The lowest BCUT2D eigenvalue weighted by atomic mass is 10.1. The fourth-order valence-electron chi connectivity index (χ4n) is 1.69. The van der Waals surface area contributed by atoms with Gasteiger partial charge in [0.2, 0.25) is 5.91 Å². The van der Waals surface area contributed by atoms with E-state index in [-0.39, 0.29) is 0 Å². The second-order valence-corrected chi connectivity index (χ2v) is 4.10. The summed E-state index contributed by atoms with van der Waals surface area (Å²) in [7, 11) is 0. The van der Waals surface area contributed by atoms with E-state index in [2.05, 4.69) is 10.3 Å². The average molecular weight is 273 g/mol. The number of amides is 2. The molecule has 1 aromatic heterocycles. The predicted octanol–water partition coefficient (Wildman–Crippen LogP) is 1.18. The molecule has 1 unspecified atom stereocenters. The van der Waals surface area contributed by atoms with E-state index in [1.807, 2.05) is 0 Å². The SMILES string of the molecule is NC(=O)C(NC(=O)c1cccnc1)c1ccc(F)cc1. The molecule has 0 aliphatic carbocycles. The van der Waals surface area contributed by atoms with E-state index in [4.69, 9.17) is 5.73 Å². The van der Waals surface area contributed by atoms with Gasteiger partial charge in [-0.1, -0.05) is 12.1 Å². The van der Waals surface area contributed by atoms with Gasteiger partial charge >= 0.3 is 0 Å². The molecule has 5 nitrogen and oxygen atoms in total. The van der Waals surface area contributed by atoms with Gasteiger partial charge in [-0.05, 0) is 29.8 Å². The van der Waals surface area contributed by atoms with Crippen LogP contribution < -0.4 is 11.1 Å². The van der Waals surface area contributed by atoms with Crippen LogP contribution in [-0.2, 0) is 4.79 Å². The highest BCUT2D eigenvalue weighted by Gasteiger charge is 2.20. The maximum Gasteiger partial charge on any atom is 0.253 e. The lowest BCUT2D eigenvalue weighted by Crippen LogP contribution is -2.37. The van der Waals surface area contributed by atoms with Crippen LogP contribution in [-0.4, -0.2) is 16.8 Å². The van der Waals surface area contributed by atoms with Crippen LogP contribution >= 0.6 is 0 Å². The van der Waals surface area contributed by atoms with Crippen LogP contribution in [0.4, 0.5) is 4.39 Å². The van der Waals surface area contributed by atoms with Crippen LogP contribution in [0.5, 0.6) is 0 Å². The summed E-state index contributed by atoms with van der Waals surface area (Å²) < 4.78 is 12.9. The van der Waals surface area contributed by atoms with Crippen molar-refractivity contribution in [3.63, 3.8) is 0 Å². The fraction of sp³-hybridized carbons (Fsp3) is 0.0714. The Kier molecular flexibility index (Phi) is 4.05. The molecule has 0 aliphatic rings. The number of primary amides is 1. The smallest absolute Gasteiger partial charge is 0.253 e. The zero-order valence-electron chi connectivity index (χ0n) is 10.4. The van der Waals surface area contributed by atoms with E-state index in [0.29, 0.717) is 11.1 Å². The van der Waals surface area contributed by atoms with Crippen molar-refractivity contribution in [3.05, 3.63) is 65.7 Å². The third-order valence-electron chi connectivity index (χ3n) is 2.69. The predicted molar refractivity (Wildman–Crippen MR) is 70.0 cm³/mol. The Hall–Kier alpha value is -2.76. The first-order chi connectivity index (χ1) is 9.58. The largest absolute Gasteiger partial charge is 0.368 e. The lowest BCUT2D eigenvalue weighted by molar-refractivity contribution is -0.120. The molecule has 1 heterocycles. The van der Waals surface area contributed by atoms with Crippen molar-refractivity contribution in [2.24, 2.45) is 5.73 Å². The molecule has 0 fully saturated rings. The quantitative estimate of drug-likeness (QED) is 0.877. The summed E-state index contributed by atoms with van der Waals surface area (Å²) in [5, 5.41) is 2.49. The Morgan fingerprint density at radius 1 is 1.20 bits per heavy atom. The van der Waals surface area contributed by atoms with Crippen molar-refractivity contribution in [2.45, 2.75) is 6.04 Å². The number of nitrogens with two attached hydrogens (primary N) is 1. The number of halogens is 1. The molecule has 20 heavy (non-hydrogen) atoms. The van der Waals surface area contributed by atoms with E-state index in [0.717, 1.165) is 0 Å². The van der Waals surface area contributed by atoms with Crippen LogP contribution in [0.2, 0.25) is 0 Å². The standard InChI is InChI=1S/C14H12FN3O2/c15-11-5-3-9(4-6-11)12(13(16)19)18-14(20)10-2-1-7-17-8-10/h1-8,12H,(H2,16,19)(H,18,20). The van der Waals surface area contributed by atoms with Crippen molar-refractivity contribution in [2.75, 3.05) is 0 Å². The summed E-state index contributed by atoms with van der Waals surface area (Å²) in [6, 6.07) is 7.33. The number of carbonyl (C=O) groups is 2. The van der Waals surface area contributed by atoms with E-state index in [9.17, 15) is 14.0 Å². The molecule has 1 atom stereocenters. The summed E-state index contributed by atoms with van der Waals surface area (Å²) >= 11 is 0. The highest BCUT2D eigenvalue weighted by atomic mass is 19.1. The molecule has 2 rings (SSSR count). The van der Waals surface area contributed by atoms with Gasteiger partial charge in [0.05, 0.1) is 5.56 Å². The summed E-state index contributed by atoms with van der Waals surface area (Å²) in [5.74, 6) is -1.64. The first-order valence-electron chi connectivity index (χ1n) is 5.83. The van der Waals surface area contributed by atoms with Crippen LogP contribution in [0.1, 0.15) is 22.0 Å². The van der Waals surface area contributed by atoms with Gasteiger partial charge in [-0.2, -0.15) is 0 Å². The van der Waals surface area contributed by atoms with Gasteiger partial charge in [0.1, 0.15) is 11.9 Å². The van der Waals surface area contributed by atoms with Gasteiger partial charge in [0.25, 0.3) is 5.91 Å². The molecular formula is C14H12FN3O2. The Morgan fingerprint density at radius 2 is 1.90 bits per heavy atom. The second-order valence-electron chi connectivity index (χ2n) is 4.10. The van der Waals surface area contributed by atoms with E-state index in [1.165, 1.54) is 36.7 Å². The number of hydrogen-bond acceptors (Lipinski definition) is 3. The highest BCUT2D eigenvalue weighted by Crippen LogP contribution is 2.14. The minimum Gasteiger partial charge on any atom is -0.368 e. The van der Waals surface area contributed by atoms with Gasteiger partial charge in [-0.3, -0.25) is 14.6 Å². The Labute approximate surface area is 114 Å². The number of aromatic nitrogens is 1. The summed E-state index contributed by atoms with van der Waals surface area (Å²) in [6.07, 6.45) is 2.90. The molecule has 0 saturated carbocycles. The average Bonchev–Trinajstić information content (AvgIpc) is 2.46. The summed E-state index contributed by atoms with van der Waals surface area (Å²) in [4.78, 5) is 27.2. The normalized spacial score (nSPS) is 11.7. The molecule has 0 saturated heterocycles. The van der Waals surface area contributed by atoms with Crippen LogP contribution in [0.15, 0.2) is 48.8 Å². The maximum absolute atomic E-state index is 12.9. The number of hydrogen-bond donors (Lipinski definition) is 2. The summed E-state index contributed by atoms with van der Waals surface area (Å²) in [5.41, 5.74) is 5.99. The third-order valence-corrected chi connectivity index (χ3v) is 2.69. The molecule has 0 bridgehead atoms. The first kappa shape index (κ1) is 13.7. The van der Waals surface area contributed by atoms with Gasteiger partial charge in [-0.25, -0.2) is 4.39 Å². The van der Waals surface area contributed by atoms with E-state index < -0.39 is 23.7 Å². The lowest BCUT2D eigenvalue weighted by Gasteiger charge is -2.15. The molecule has 0 spiro atoms. The monoisotopic (exact) mass is 273 g/mol. The summed E-state index contributed by atoms with van der Waals surface area (Å²) in [6.45, 7) is 0. The van der Waals surface area contributed by atoms with Gasteiger partial charge < -0.3 is 11.1 Å². The molecule has 2 amide bonds. The zero-order chi connectivity index (χ0) is 14.5. The number of pyridine rings is 1. The van der Waals surface area contributed by atoms with Crippen molar-refractivity contribution < 1.29 is 14.0 Å². The molecule has 6 heteroatoms. The van der Waals surface area contributed by atoms with E-state index >= 15 is 0 Å². The molecule has 3 N–H and O–H groups in total. The molecule has 2 aromatic rings.